The molecular formula is C23H22FN5O2S. The number of benzene rings is 2. The van der Waals surface area contributed by atoms with Crippen LogP contribution in [0.25, 0.3) is 22.3 Å². The Morgan fingerprint density at radius 2 is 2.03 bits per heavy atom. The highest BCUT2D eigenvalue weighted by Gasteiger charge is 2.24. The summed E-state index contributed by atoms with van der Waals surface area (Å²) in [5, 5.41) is 9.90. The molecule has 0 aliphatic carbocycles. The Balaban J connectivity index is 1.48. The monoisotopic (exact) mass is 451 g/mol. The van der Waals surface area contributed by atoms with Crippen LogP contribution in [0.2, 0.25) is 0 Å². The Hall–Kier alpha value is -3.04. The largest absolute Gasteiger partial charge is 0.376 e. The molecule has 1 aliphatic rings. The fraction of sp³-hybridized carbons (Fsp3) is 0.304. The number of hydrogen-bond acceptors (Lipinski definition) is 6. The van der Waals surface area contributed by atoms with E-state index in [1.165, 1.54) is 23.9 Å². The molecule has 1 saturated heterocycles. The van der Waals surface area contributed by atoms with Gasteiger partial charge in [0.2, 0.25) is 0 Å². The number of hydrogen-bond donors (Lipinski definition) is 1. The van der Waals surface area contributed by atoms with E-state index in [2.05, 4.69) is 20.2 Å². The SMILES string of the molecule is C[C@@H](Sc1nnc(-c2ccc(F)cc2)n1C[C@H]1CCCO1)c1nc2ccccc2c(=O)[nH]1. The van der Waals surface area contributed by atoms with Crippen LogP contribution in [0.3, 0.4) is 0 Å². The zero-order valence-electron chi connectivity index (χ0n) is 17.5. The second-order valence-electron chi connectivity index (χ2n) is 7.79. The van der Waals surface area contributed by atoms with Crippen molar-refractivity contribution in [1.29, 1.82) is 0 Å². The fourth-order valence-corrected chi connectivity index (χ4v) is 4.77. The summed E-state index contributed by atoms with van der Waals surface area (Å²) in [5.41, 5.74) is 1.28. The van der Waals surface area contributed by atoms with Gasteiger partial charge in [-0.05, 0) is 56.2 Å². The van der Waals surface area contributed by atoms with E-state index in [0.717, 1.165) is 25.0 Å². The molecule has 2 aromatic carbocycles. The molecule has 32 heavy (non-hydrogen) atoms. The topological polar surface area (TPSA) is 85.7 Å². The summed E-state index contributed by atoms with van der Waals surface area (Å²) < 4.78 is 21.3. The number of para-hydroxylation sites is 1. The van der Waals surface area contributed by atoms with Gasteiger partial charge in [-0.3, -0.25) is 9.36 Å². The predicted octanol–water partition coefficient (Wildman–Crippen LogP) is 4.35. The Morgan fingerprint density at radius 1 is 1.22 bits per heavy atom. The third kappa shape index (κ3) is 4.18. The number of rotatable bonds is 6. The first kappa shape index (κ1) is 20.8. The molecule has 4 aromatic rings. The molecule has 1 aliphatic heterocycles. The predicted molar refractivity (Wildman–Crippen MR) is 121 cm³/mol. The lowest BCUT2D eigenvalue weighted by molar-refractivity contribution is 0.0953. The molecular weight excluding hydrogens is 429 g/mol. The van der Waals surface area contributed by atoms with E-state index in [1.807, 2.05) is 29.7 Å². The van der Waals surface area contributed by atoms with Gasteiger partial charge < -0.3 is 9.72 Å². The molecule has 9 heteroatoms. The van der Waals surface area contributed by atoms with Crippen molar-refractivity contribution in [1.82, 2.24) is 24.7 Å². The maximum Gasteiger partial charge on any atom is 0.258 e. The van der Waals surface area contributed by atoms with E-state index in [-0.39, 0.29) is 22.7 Å². The number of fused-ring (bicyclic) bond motifs is 1. The maximum atomic E-state index is 13.4. The van der Waals surface area contributed by atoms with Crippen molar-refractivity contribution in [2.45, 2.75) is 42.8 Å². The minimum atomic E-state index is -0.298. The van der Waals surface area contributed by atoms with Crippen LogP contribution in [-0.4, -0.2) is 37.4 Å². The van der Waals surface area contributed by atoms with Gasteiger partial charge in [0.05, 0.1) is 28.8 Å². The lowest BCUT2D eigenvalue weighted by Gasteiger charge is -2.16. The van der Waals surface area contributed by atoms with Gasteiger partial charge in [-0.25, -0.2) is 9.37 Å². The van der Waals surface area contributed by atoms with Crippen molar-refractivity contribution in [2.75, 3.05) is 6.61 Å². The van der Waals surface area contributed by atoms with Crippen molar-refractivity contribution < 1.29 is 9.13 Å². The standard InChI is InChI=1S/C23H22FN5O2S/c1-14(20-25-19-7-3-2-6-18(19)22(30)26-20)32-23-28-27-21(15-8-10-16(24)11-9-15)29(23)13-17-5-4-12-31-17/h2-3,6-11,14,17H,4-5,12-13H2,1H3,(H,25,26,30)/t14-,17-/m1/s1. The summed E-state index contributed by atoms with van der Waals surface area (Å²) in [5.74, 6) is 0.942. The summed E-state index contributed by atoms with van der Waals surface area (Å²) in [7, 11) is 0. The second-order valence-corrected chi connectivity index (χ2v) is 9.10. The average molecular weight is 452 g/mol. The summed E-state index contributed by atoms with van der Waals surface area (Å²) >= 11 is 1.47. The molecule has 1 N–H and O–H groups in total. The molecule has 5 rings (SSSR count). The van der Waals surface area contributed by atoms with Crippen LogP contribution in [0.15, 0.2) is 58.5 Å². The third-order valence-corrected chi connectivity index (χ3v) is 6.62. The number of H-pyrrole nitrogens is 1. The van der Waals surface area contributed by atoms with Crippen LogP contribution >= 0.6 is 11.8 Å². The van der Waals surface area contributed by atoms with Crippen molar-refractivity contribution in [3.63, 3.8) is 0 Å². The number of halogens is 1. The summed E-state index contributed by atoms with van der Waals surface area (Å²) in [6.07, 6.45) is 2.08. The van der Waals surface area contributed by atoms with Crippen LogP contribution in [0.1, 0.15) is 30.8 Å². The molecule has 0 bridgehead atoms. The number of ether oxygens (including phenoxy) is 1. The van der Waals surface area contributed by atoms with E-state index in [0.29, 0.717) is 34.3 Å². The normalized spacial score (nSPS) is 17.1. The highest BCUT2D eigenvalue weighted by Crippen LogP contribution is 2.34. The van der Waals surface area contributed by atoms with Gasteiger partial charge in [-0.15, -0.1) is 10.2 Å². The van der Waals surface area contributed by atoms with Gasteiger partial charge in [0.25, 0.3) is 5.56 Å². The number of aromatic amines is 1. The minimum absolute atomic E-state index is 0.0819. The molecule has 0 unspecified atom stereocenters. The van der Waals surface area contributed by atoms with Crippen LogP contribution < -0.4 is 5.56 Å². The van der Waals surface area contributed by atoms with Crippen LogP contribution in [0.5, 0.6) is 0 Å². The van der Waals surface area contributed by atoms with E-state index >= 15 is 0 Å². The first-order valence-corrected chi connectivity index (χ1v) is 11.4. The average Bonchev–Trinajstić information content (AvgIpc) is 3.45. The van der Waals surface area contributed by atoms with Crippen molar-refractivity contribution in [2.24, 2.45) is 0 Å². The van der Waals surface area contributed by atoms with Gasteiger partial charge in [-0.1, -0.05) is 23.9 Å². The fourth-order valence-electron chi connectivity index (χ4n) is 3.86. The van der Waals surface area contributed by atoms with Crippen molar-refractivity contribution in [3.8, 4) is 11.4 Å². The highest BCUT2D eigenvalue weighted by molar-refractivity contribution is 7.99. The lowest BCUT2D eigenvalue weighted by Crippen LogP contribution is -2.17. The molecule has 0 amide bonds. The van der Waals surface area contributed by atoms with E-state index in [9.17, 15) is 9.18 Å². The quantitative estimate of drug-likeness (QED) is 0.439. The van der Waals surface area contributed by atoms with Gasteiger partial charge in [0.1, 0.15) is 11.6 Å². The van der Waals surface area contributed by atoms with Crippen LogP contribution in [0, 0.1) is 5.82 Å². The summed E-state index contributed by atoms with van der Waals surface area (Å²) in [4.78, 5) is 20.0. The van der Waals surface area contributed by atoms with Crippen LogP contribution in [0.4, 0.5) is 4.39 Å². The van der Waals surface area contributed by atoms with E-state index in [4.69, 9.17) is 4.74 Å². The number of nitrogens with one attached hydrogen (secondary N) is 1. The third-order valence-electron chi connectivity index (χ3n) is 5.53. The molecule has 2 aromatic heterocycles. The Morgan fingerprint density at radius 3 is 2.81 bits per heavy atom. The molecule has 1 fully saturated rings. The number of aromatic nitrogens is 5. The maximum absolute atomic E-state index is 13.4. The van der Waals surface area contributed by atoms with Gasteiger partial charge >= 0.3 is 0 Å². The second kappa shape index (κ2) is 8.84. The molecule has 2 atom stereocenters. The Labute approximate surface area is 188 Å². The molecule has 164 valence electrons. The number of thioether (sulfide) groups is 1. The smallest absolute Gasteiger partial charge is 0.258 e. The molecule has 0 spiro atoms. The first-order chi connectivity index (χ1) is 15.6. The van der Waals surface area contributed by atoms with Gasteiger partial charge in [-0.2, -0.15) is 0 Å². The van der Waals surface area contributed by atoms with Crippen molar-refractivity contribution in [3.05, 3.63) is 70.5 Å². The molecule has 7 nitrogen and oxygen atoms in total. The van der Waals surface area contributed by atoms with E-state index < -0.39 is 0 Å². The van der Waals surface area contributed by atoms with Crippen molar-refractivity contribution >= 4 is 22.7 Å². The molecule has 0 saturated carbocycles. The Kier molecular flexibility index (Phi) is 5.75. The van der Waals surface area contributed by atoms with E-state index in [1.54, 1.807) is 18.2 Å². The highest BCUT2D eigenvalue weighted by atomic mass is 32.2. The molecule has 3 heterocycles. The number of nitrogens with zero attached hydrogens (tertiary/aromatic N) is 4. The first-order valence-electron chi connectivity index (χ1n) is 10.5. The van der Waals surface area contributed by atoms with Gasteiger partial charge in [0, 0.05) is 12.2 Å². The van der Waals surface area contributed by atoms with Crippen LogP contribution in [-0.2, 0) is 11.3 Å². The zero-order chi connectivity index (χ0) is 22.1. The summed E-state index contributed by atoms with van der Waals surface area (Å²) in [6, 6.07) is 13.5. The minimum Gasteiger partial charge on any atom is -0.376 e. The lowest BCUT2D eigenvalue weighted by atomic mass is 10.2. The molecule has 0 radical (unpaired) electrons. The Bertz CT molecular complexity index is 1300. The van der Waals surface area contributed by atoms with Gasteiger partial charge in [0.15, 0.2) is 11.0 Å². The summed E-state index contributed by atoms with van der Waals surface area (Å²) in [6.45, 7) is 3.33. The zero-order valence-corrected chi connectivity index (χ0v) is 18.3.